The Hall–Kier alpha value is -1.65. The van der Waals surface area contributed by atoms with Crippen LogP contribution in [0, 0.1) is 0 Å². The summed E-state index contributed by atoms with van der Waals surface area (Å²) in [7, 11) is 3.55. The molecule has 1 aromatic rings. The molecule has 5 heteroatoms. The van der Waals surface area contributed by atoms with E-state index in [4.69, 9.17) is 5.11 Å². The number of hydrogen-bond acceptors (Lipinski definition) is 2. The molecule has 1 unspecified atom stereocenters. The van der Waals surface area contributed by atoms with E-state index in [1.165, 1.54) is 12.1 Å². The maximum Gasteiger partial charge on any atom is 0.320 e. The molecule has 2 rings (SSSR count). The summed E-state index contributed by atoms with van der Waals surface area (Å²) in [5, 5.41) is 9.03. The molecule has 0 bridgehead atoms. The first-order chi connectivity index (χ1) is 7.81. The summed E-state index contributed by atoms with van der Waals surface area (Å²) >= 11 is 0. The van der Waals surface area contributed by atoms with Crippen LogP contribution in [0.25, 0.3) is 0 Å². The number of halogens is 2. The van der Waals surface area contributed by atoms with Gasteiger partial charge in [0.2, 0.25) is 0 Å². The number of nitrogens with zero attached hydrogens (tertiary/aromatic N) is 1. The minimum Gasteiger partial charge on any atom is -0.480 e. The lowest BCUT2D eigenvalue weighted by molar-refractivity contribution is -0.142. The van der Waals surface area contributed by atoms with E-state index in [-0.39, 0.29) is 5.56 Å². The standard InChI is InChI=1S/C12H13F2NO2/c1-15(2)9-5-3-4-8(6-9)11(10(16)17)7-12(11,13)14/h3-6H,7H2,1-2H3,(H,16,17). The monoisotopic (exact) mass is 241 g/mol. The van der Waals surface area contributed by atoms with Crippen LogP contribution in [0.5, 0.6) is 0 Å². The minimum atomic E-state index is -3.15. The first-order valence-corrected chi connectivity index (χ1v) is 5.20. The van der Waals surface area contributed by atoms with Crippen molar-refractivity contribution in [2.75, 3.05) is 19.0 Å². The largest absolute Gasteiger partial charge is 0.480 e. The van der Waals surface area contributed by atoms with Crippen molar-refractivity contribution >= 4 is 11.7 Å². The van der Waals surface area contributed by atoms with E-state index in [1.54, 1.807) is 31.1 Å². The highest BCUT2D eigenvalue weighted by Gasteiger charge is 2.77. The maximum atomic E-state index is 13.3. The number of hydrogen-bond donors (Lipinski definition) is 1. The fraction of sp³-hybridized carbons (Fsp3) is 0.417. The molecule has 1 aliphatic rings. The van der Waals surface area contributed by atoms with Crippen molar-refractivity contribution in [3.8, 4) is 0 Å². The van der Waals surface area contributed by atoms with Crippen LogP contribution in [0.3, 0.4) is 0 Å². The molecule has 1 aromatic carbocycles. The van der Waals surface area contributed by atoms with Crippen molar-refractivity contribution < 1.29 is 18.7 Å². The van der Waals surface area contributed by atoms with Gasteiger partial charge < -0.3 is 10.0 Å². The maximum absolute atomic E-state index is 13.3. The number of carboxylic acids is 1. The summed E-state index contributed by atoms with van der Waals surface area (Å²) in [4.78, 5) is 12.8. The zero-order chi connectivity index (χ0) is 12.8. The Labute approximate surface area is 97.7 Å². The van der Waals surface area contributed by atoms with E-state index in [2.05, 4.69) is 0 Å². The number of aliphatic carboxylic acids is 1. The van der Waals surface area contributed by atoms with Gasteiger partial charge in [0, 0.05) is 26.2 Å². The van der Waals surface area contributed by atoms with Crippen LogP contribution in [-0.4, -0.2) is 31.1 Å². The minimum absolute atomic E-state index is 0.168. The lowest BCUT2D eigenvalue weighted by Gasteiger charge is -2.17. The molecular weight excluding hydrogens is 228 g/mol. The van der Waals surface area contributed by atoms with E-state index in [9.17, 15) is 13.6 Å². The molecule has 0 heterocycles. The summed E-state index contributed by atoms with van der Waals surface area (Å²) < 4.78 is 26.7. The fourth-order valence-electron chi connectivity index (χ4n) is 2.01. The van der Waals surface area contributed by atoms with Crippen LogP contribution in [0.15, 0.2) is 24.3 Å². The van der Waals surface area contributed by atoms with E-state index < -0.39 is 23.7 Å². The second-order valence-electron chi connectivity index (χ2n) is 4.54. The molecular formula is C12H13F2NO2. The van der Waals surface area contributed by atoms with E-state index in [0.29, 0.717) is 5.69 Å². The highest BCUT2D eigenvalue weighted by atomic mass is 19.3. The molecule has 0 saturated heterocycles. The molecule has 0 radical (unpaired) electrons. The quantitative estimate of drug-likeness (QED) is 0.881. The van der Waals surface area contributed by atoms with Gasteiger partial charge in [0.05, 0.1) is 0 Å². The van der Waals surface area contributed by atoms with Crippen LogP contribution in [0.1, 0.15) is 12.0 Å². The molecule has 1 atom stereocenters. The average Bonchev–Trinajstić information content (AvgIpc) is 2.83. The van der Waals surface area contributed by atoms with Crippen molar-refractivity contribution in [2.24, 2.45) is 0 Å². The van der Waals surface area contributed by atoms with Crippen LogP contribution in [0.2, 0.25) is 0 Å². The predicted molar refractivity (Wildman–Crippen MR) is 59.6 cm³/mol. The summed E-state index contributed by atoms with van der Waals surface area (Å²) in [5.74, 6) is -4.61. The van der Waals surface area contributed by atoms with E-state index in [1.807, 2.05) is 0 Å². The van der Waals surface area contributed by atoms with Crippen LogP contribution in [-0.2, 0) is 10.2 Å². The van der Waals surface area contributed by atoms with Gasteiger partial charge in [-0.05, 0) is 17.7 Å². The Kier molecular flexibility index (Phi) is 2.38. The number of carboxylic acid groups (broad SMARTS) is 1. The van der Waals surface area contributed by atoms with E-state index >= 15 is 0 Å². The average molecular weight is 241 g/mol. The Morgan fingerprint density at radius 1 is 1.41 bits per heavy atom. The lowest BCUT2D eigenvalue weighted by Crippen LogP contribution is -2.27. The third-order valence-corrected chi connectivity index (χ3v) is 3.21. The van der Waals surface area contributed by atoms with Crippen molar-refractivity contribution in [1.82, 2.24) is 0 Å². The summed E-state index contributed by atoms with van der Waals surface area (Å²) in [5.41, 5.74) is -1.15. The molecule has 1 aliphatic carbocycles. The predicted octanol–water partition coefficient (Wildman–Crippen LogP) is 2.11. The van der Waals surface area contributed by atoms with Crippen LogP contribution >= 0.6 is 0 Å². The lowest BCUT2D eigenvalue weighted by atomic mass is 9.95. The van der Waals surface area contributed by atoms with Gasteiger partial charge >= 0.3 is 5.97 Å². The summed E-state index contributed by atoms with van der Waals surface area (Å²) in [6.07, 6.45) is -0.619. The normalized spacial score (nSPS) is 25.4. The highest BCUT2D eigenvalue weighted by molar-refractivity contribution is 5.88. The first kappa shape index (κ1) is 11.8. The molecule has 0 aromatic heterocycles. The third-order valence-electron chi connectivity index (χ3n) is 3.21. The van der Waals surface area contributed by atoms with Gasteiger partial charge in [-0.2, -0.15) is 0 Å². The molecule has 0 aliphatic heterocycles. The second-order valence-corrected chi connectivity index (χ2v) is 4.54. The summed E-state index contributed by atoms with van der Waals surface area (Å²) in [6.45, 7) is 0. The van der Waals surface area contributed by atoms with Gasteiger partial charge in [-0.1, -0.05) is 12.1 Å². The zero-order valence-electron chi connectivity index (χ0n) is 9.58. The van der Waals surface area contributed by atoms with Crippen LogP contribution < -0.4 is 4.90 Å². The highest BCUT2D eigenvalue weighted by Crippen LogP contribution is 2.61. The van der Waals surface area contributed by atoms with Gasteiger partial charge in [0.1, 0.15) is 0 Å². The fourth-order valence-corrected chi connectivity index (χ4v) is 2.01. The zero-order valence-corrected chi connectivity index (χ0v) is 9.58. The Bertz CT molecular complexity index is 473. The number of rotatable bonds is 3. The van der Waals surface area contributed by atoms with Crippen molar-refractivity contribution in [2.45, 2.75) is 17.8 Å². The van der Waals surface area contributed by atoms with Gasteiger partial charge in [-0.25, -0.2) is 8.78 Å². The van der Waals surface area contributed by atoms with Crippen molar-refractivity contribution in [3.05, 3.63) is 29.8 Å². The smallest absolute Gasteiger partial charge is 0.320 e. The Morgan fingerprint density at radius 3 is 2.41 bits per heavy atom. The molecule has 92 valence electrons. The Balaban J connectivity index is 2.47. The van der Waals surface area contributed by atoms with Crippen molar-refractivity contribution in [3.63, 3.8) is 0 Å². The molecule has 17 heavy (non-hydrogen) atoms. The molecule has 1 fully saturated rings. The van der Waals surface area contributed by atoms with Gasteiger partial charge in [-0.15, -0.1) is 0 Å². The number of benzene rings is 1. The van der Waals surface area contributed by atoms with Gasteiger partial charge in [0.15, 0.2) is 5.41 Å². The summed E-state index contributed by atoms with van der Waals surface area (Å²) in [6, 6.07) is 6.31. The molecule has 0 spiro atoms. The number of anilines is 1. The topological polar surface area (TPSA) is 40.5 Å². The Morgan fingerprint density at radius 2 is 2.00 bits per heavy atom. The van der Waals surface area contributed by atoms with Crippen LogP contribution in [0.4, 0.5) is 14.5 Å². The number of alkyl halides is 2. The molecule has 1 saturated carbocycles. The SMILES string of the molecule is CN(C)c1cccc(C2(C(=O)O)CC2(F)F)c1. The first-order valence-electron chi connectivity index (χ1n) is 5.20. The van der Waals surface area contributed by atoms with Gasteiger partial charge in [0.25, 0.3) is 5.92 Å². The second kappa shape index (κ2) is 3.42. The molecule has 1 N–H and O–H groups in total. The third kappa shape index (κ3) is 1.57. The van der Waals surface area contributed by atoms with Gasteiger partial charge in [-0.3, -0.25) is 4.79 Å². The number of carbonyl (C=O) groups is 1. The van der Waals surface area contributed by atoms with Crippen molar-refractivity contribution in [1.29, 1.82) is 0 Å². The molecule has 3 nitrogen and oxygen atoms in total. The molecule has 0 amide bonds. The van der Waals surface area contributed by atoms with E-state index in [0.717, 1.165) is 0 Å².